The first-order valence-corrected chi connectivity index (χ1v) is 47.1. The van der Waals surface area contributed by atoms with Crippen LogP contribution in [-0.2, 0) is 122 Å². The van der Waals surface area contributed by atoms with Crippen LogP contribution in [0.4, 0.5) is 0 Å². The molecule has 142 heavy (non-hydrogen) atoms. The molecule has 0 radical (unpaired) electrons. The van der Waals surface area contributed by atoms with Crippen molar-refractivity contribution in [1.82, 2.24) is 84.7 Å². The van der Waals surface area contributed by atoms with E-state index in [4.69, 9.17) is 26.7 Å². The van der Waals surface area contributed by atoms with Crippen molar-refractivity contribution < 1.29 is 126 Å². The Morgan fingerprint density at radius 3 is 1.18 bits per heavy atom. The lowest BCUT2D eigenvalue weighted by atomic mass is 9.97. The number of carbonyl (C=O) groups is 20. The number of thioether (sulfide) groups is 1. The molecule has 1 saturated heterocycles. The van der Waals surface area contributed by atoms with E-state index in [0.717, 1.165) is 11.1 Å². The summed E-state index contributed by atoms with van der Waals surface area (Å²) in [5, 5.41) is 78.3. The number of hydrogen-bond acceptors (Lipinski definition) is 25. The Kier molecular flexibility index (Phi) is 44.6. The predicted octanol–water partition coefficient (Wildman–Crippen LogP) is -2.47. The van der Waals surface area contributed by atoms with Crippen LogP contribution in [0.3, 0.4) is 0 Å². The van der Waals surface area contributed by atoms with Crippen molar-refractivity contribution >= 4 is 141 Å². The van der Waals surface area contributed by atoms with Crippen molar-refractivity contribution in [3.8, 4) is 22.6 Å². The number of fused-ring (bicyclic) bond motifs is 1. The van der Waals surface area contributed by atoms with E-state index in [-0.39, 0.29) is 41.9 Å². The highest BCUT2D eigenvalue weighted by Gasteiger charge is 2.41. The molecular formula is C96H127N19O26S. The normalized spacial score (nSPS) is 22.4. The van der Waals surface area contributed by atoms with Gasteiger partial charge in [0.1, 0.15) is 96.1 Å². The molecule has 7 rings (SSSR count). The van der Waals surface area contributed by atoms with Gasteiger partial charge in [-0.25, -0.2) is 9.59 Å². The molecule has 46 heteroatoms. The van der Waals surface area contributed by atoms with Gasteiger partial charge in [0.05, 0.1) is 31.7 Å². The smallest absolute Gasteiger partial charge is 0.341 e. The summed E-state index contributed by atoms with van der Waals surface area (Å²) in [6.07, 6.45) is -2.67. The second-order valence-corrected chi connectivity index (χ2v) is 37.0. The summed E-state index contributed by atoms with van der Waals surface area (Å²) in [5.41, 5.74) is 20.6. The molecule has 17 amide bonds. The van der Waals surface area contributed by atoms with E-state index in [1.165, 1.54) is 82.4 Å². The molecule has 0 aliphatic carbocycles. The number of nitrogens with two attached hydrogens (primary N) is 3. The molecule has 0 spiro atoms. The Labute approximate surface area is 822 Å². The van der Waals surface area contributed by atoms with Gasteiger partial charge in [-0.05, 0) is 106 Å². The molecule has 0 unspecified atom stereocenters. The standard InChI is InChI=1S/C96H127N19O26S/c1-48(2)32-63-84(127)107-69(38-74(98)117)87(130)103-64(33-49(3)4)89(132)113-82(52(9)10)96(139)111-72(43-116)93(136)112-73(83(126)101-42-75(99)118)46-142-47-76(119)102-65(34-54-22-28-59(29-23-54)140-44-78(122)123)85(128)105-66(36-55-24-30-60(31-25-55)141-45-79(124)125)86(129)108-70(39-77(120)121)88(131)106-68(37-58-41-100-62-19-15-14-18-61(58)62)91(134)115-80(50(5)6)94(137)109-67(35-53-20-26-57(27-21-53)56-16-12-11-13-17-56)90(133)114-81(51(7)8)95(138)110-71(40-97)92(135)104-63/h11-31,41,48-52,63-73,80-82,100,116H,32-40,42-47,97H2,1-10H3,(H2,98,117)(H2,99,118)(H,101,126)(H,102,119)(H,103,130)(H,104,135)(H,105,128)(H,106,131)(H,107,127)(H,108,129)(H,109,137)(H,110,138)(H,111,139)(H,112,136)(H,113,132)(H,114,133)(H,115,134)(H,120,121)(H,122,123)(H,124,125)/t63-,64+,65+,66+,67+,68+,69+,70+,71+,72+,73+,80+,81+,82+/m1/s1. The second-order valence-electron chi connectivity index (χ2n) is 36.0. The lowest BCUT2D eigenvalue weighted by molar-refractivity contribution is -0.142. The first-order chi connectivity index (χ1) is 67.2. The summed E-state index contributed by atoms with van der Waals surface area (Å²) >= 11 is 0.625. The van der Waals surface area contributed by atoms with Gasteiger partial charge in [-0.15, -0.1) is 11.8 Å². The minimum absolute atomic E-state index is 0.0225. The summed E-state index contributed by atoms with van der Waals surface area (Å²) in [6.45, 7) is 11.6. The zero-order valence-corrected chi connectivity index (χ0v) is 81.0. The van der Waals surface area contributed by atoms with Crippen molar-refractivity contribution in [3.63, 3.8) is 0 Å². The maximum absolute atomic E-state index is 15.5. The minimum atomic E-state index is -2.16. The summed E-state index contributed by atoms with van der Waals surface area (Å²) in [4.78, 5) is 286. The first-order valence-electron chi connectivity index (χ1n) is 46.0. The topological polar surface area (TPSA) is 715 Å². The van der Waals surface area contributed by atoms with Gasteiger partial charge >= 0.3 is 17.9 Å². The fourth-order valence-electron chi connectivity index (χ4n) is 14.9. The van der Waals surface area contributed by atoms with Crippen LogP contribution in [0.5, 0.6) is 11.5 Å². The van der Waals surface area contributed by atoms with Crippen molar-refractivity contribution in [3.05, 3.63) is 156 Å². The third-order valence-corrected chi connectivity index (χ3v) is 23.4. The molecule has 1 aliphatic heterocycles. The molecular weight excluding hydrogens is 1870 g/mol. The average Bonchev–Trinajstić information content (AvgIpc) is 1.65. The average molecular weight is 2000 g/mol. The molecule has 1 aromatic heterocycles. The SMILES string of the molecule is CC(C)C[C@@H]1NC(=O)[C@H](CC(N)=O)NC(=O)[C@@H](CC(C)C)NC(=O)[C@H](CN)NC(=O)[C@H](C(C)C)NC(=O)[C@H](Cc2ccc(-c3ccccc3)cc2)NC(=O)[C@H](C(C)C)NC(=O)[C@H](Cc2c[nH]c3ccccc23)NC(=O)[C@H](CC(=O)O)NC(=O)[C@H](Cc2ccc(OCC(=O)O)cc2)NC(=O)[C@H](Cc2ccc(OCC(=O)O)cc2)NC(=O)CSC[C@@H](C(=O)NCC(N)=O)NC(=O)[C@H](CO)NC(=O)[C@H](C(C)C)NC1=O. The number of hydrogen-bond donors (Lipinski definition) is 23. The maximum Gasteiger partial charge on any atom is 0.341 e. The number of aliphatic hydroxyl groups excluding tert-OH is 1. The number of benzene rings is 5. The Balaban J connectivity index is 1.35. The lowest BCUT2D eigenvalue weighted by Gasteiger charge is -2.30. The Hall–Kier alpha value is -15.1. The summed E-state index contributed by atoms with van der Waals surface area (Å²) in [5.74, 6) is -27.8. The third kappa shape index (κ3) is 36.9. The number of carboxylic acids is 3. The van der Waals surface area contributed by atoms with Gasteiger partial charge in [0.2, 0.25) is 100 Å². The monoisotopic (exact) mass is 1990 g/mol. The van der Waals surface area contributed by atoms with Crippen molar-refractivity contribution in [2.45, 2.75) is 205 Å². The Morgan fingerprint density at radius 2 is 0.746 bits per heavy atom. The molecule has 6 aromatic rings. The quantitative estimate of drug-likeness (QED) is 0.0214. The lowest BCUT2D eigenvalue weighted by Crippen LogP contribution is -2.63. The van der Waals surface area contributed by atoms with E-state index in [2.05, 4.69) is 84.7 Å². The largest absolute Gasteiger partial charge is 0.482 e. The van der Waals surface area contributed by atoms with Crippen LogP contribution in [0.2, 0.25) is 0 Å². The van der Waals surface area contributed by atoms with Gasteiger partial charge in [-0.3, -0.25) is 86.3 Å². The third-order valence-electron chi connectivity index (χ3n) is 22.3. The fraction of sp³-hybridized carbons (Fsp3) is 0.458. The van der Waals surface area contributed by atoms with Gasteiger partial charge in [-0.2, -0.15) is 0 Å². The highest BCUT2D eigenvalue weighted by molar-refractivity contribution is 8.00. The number of aliphatic hydroxyl groups is 1. The molecule has 14 atom stereocenters. The van der Waals surface area contributed by atoms with Crippen LogP contribution >= 0.6 is 11.8 Å². The number of aromatic amines is 1. The molecule has 0 saturated carbocycles. The van der Waals surface area contributed by atoms with Crippen LogP contribution in [-0.4, -0.2) is 273 Å². The van der Waals surface area contributed by atoms with E-state index in [0.29, 0.717) is 33.8 Å². The van der Waals surface area contributed by atoms with Crippen molar-refractivity contribution in [2.75, 3.05) is 44.4 Å². The van der Waals surface area contributed by atoms with Crippen molar-refractivity contribution in [2.24, 2.45) is 46.8 Å². The number of amides is 17. The van der Waals surface area contributed by atoms with Crippen LogP contribution < -0.4 is 106 Å². The van der Waals surface area contributed by atoms with Crippen LogP contribution in [0.1, 0.15) is 117 Å². The number of nitrogens with one attached hydrogen (secondary N) is 16. The van der Waals surface area contributed by atoms with E-state index in [9.17, 15) is 87.5 Å². The van der Waals surface area contributed by atoms with Gasteiger partial charge in [0, 0.05) is 55.1 Å². The number of primary amides is 2. The predicted molar refractivity (Wildman–Crippen MR) is 516 cm³/mol. The van der Waals surface area contributed by atoms with Gasteiger partial charge in [-0.1, -0.05) is 166 Å². The molecule has 768 valence electrons. The van der Waals surface area contributed by atoms with E-state index >= 15 is 28.8 Å². The Bertz CT molecular complexity index is 5450. The molecule has 2 heterocycles. The van der Waals surface area contributed by atoms with Gasteiger partial charge < -0.3 is 132 Å². The number of ether oxygens (including phenoxy) is 2. The maximum atomic E-state index is 15.5. The van der Waals surface area contributed by atoms with E-state index in [1.807, 2.05) is 30.3 Å². The van der Waals surface area contributed by atoms with Gasteiger partial charge in [0.15, 0.2) is 13.2 Å². The molecule has 45 nitrogen and oxygen atoms in total. The van der Waals surface area contributed by atoms with E-state index < -0.39 is 309 Å². The fourth-order valence-corrected chi connectivity index (χ4v) is 15.8. The van der Waals surface area contributed by atoms with E-state index in [1.54, 1.807) is 90.1 Å². The second kappa shape index (κ2) is 55.6. The number of para-hydroxylation sites is 1. The number of H-pyrrole nitrogens is 1. The zero-order valence-electron chi connectivity index (χ0n) is 80.2. The van der Waals surface area contributed by atoms with Crippen LogP contribution in [0.25, 0.3) is 22.0 Å². The highest BCUT2D eigenvalue weighted by Crippen LogP contribution is 2.25. The van der Waals surface area contributed by atoms with Crippen LogP contribution in [0, 0.1) is 29.6 Å². The zero-order chi connectivity index (χ0) is 105. The highest BCUT2D eigenvalue weighted by atomic mass is 32.2. The number of aromatic nitrogens is 1. The summed E-state index contributed by atoms with van der Waals surface area (Å²) in [6, 6.07) is 9.29. The molecule has 26 N–H and O–H groups in total. The van der Waals surface area contributed by atoms with Crippen molar-refractivity contribution in [1.29, 1.82) is 0 Å². The molecule has 0 bridgehead atoms. The minimum Gasteiger partial charge on any atom is -0.482 e. The number of carboxylic acid groups (broad SMARTS) is 3. The number of carbonyl (C=O) groups excluding carboxylic acids is 17. The molecule has 5 aromatic carbocycles. The van der Waals surface area contributed by atoms with Crippen LogP contribution in [0.15, 0.2) is 134 Å². The first kappa shape index (κ1) is 114. The number of rotatable bonds is 31. The Morgan fingerprint density at radius 1 is 0.387 bits per heavy atom. The van der Waals surface area contributed by atoms with Gasteiger partial charge in [0.25, 0.3) is 0 Å². The summed E-state index contributed by atoms with van der Waals surface area (Å²) < 4.78 is 10.6. The number of aliphatic carboxylic acids is 3. The summed E-state index contributed by atoms with van der Waals surface area (Å²) in [7, 11) is 0. The molecule has 1 fully saturated rings. The molecule has 1 aliphatic rings.